The normalized spacial score (nSPS) is 30.9. The zero-order valence-electron chi connectivity index (χ0n) is 23.0. The Kier molecular flexibility index (Phi) is 5.87. The molecule has 11 heteroatoms. The molecule has 0 unspecified atom stereocenters. The zero-order valence-corrected chi connectivity index (χ0v) is 23.0. The van der Waals surface area contributed by atoms with Crippen molar-refractivity contribution in [3.05, 3.63) is 68.8 Å². The molecule has 2 aliphatic heterocycles. The largest absolute Gasteiger partial charge is 0.504 e. The lowest BCUT2D eigenvalue weighted by Crippen LogP contribution is -2.80. The van der Waals surface area contributed by atoms with E-state index in [1.54, 1.807) is 13.1 Å². The molecule has 220 valence electrons. The Morgan fingerprint density at radius 1 is 1.19 bits per heavy atom. The smallest absolute Gasteiger partial charge is 0.416 e. The first-order valence-electron chi connectivity index (χ1n) is 14.3. The Balaban J connectivity index is 1.25. The number of rotatable bonds is 4. The number of nitrogens with zero attached hydrogens (tertiary/aromatic N) is 3. The highest BCUT2D eigenvalue weighted by molar-refractivity contribution is 5.94. The molecular weight excluding hydrogens is 551 g/mol. The molecular formula is C31H30F3N3O5. The number of phenols is 1. The quantitative estimate of drug-likeness (QED) is 0.331. The van der Waals surface area contributed by atoms with E-state index >= 15 is 0 Å². The number of ether oxygens (including phenoxy) is 1. The van der Waals surface area contributed by atoms with Crippen LogP contribution < -0.4 is 4.74 Å². The van der Waals surface area contributed by atoms with Gasteiger partial charge in [0.2, 0.25) is 0 Å². The number of aromatic hydroxyl groups is 1. The van der Waals surface area contributed by atoms with Crippen LogP contribution >= 0.6 is 0 Å². The van der Waals surface area contributed by atoms with Crippen molar-refractivity contribution in [3.63, 3.8) is 0 Å². The Morgan fingerprint density at radius 2 is 1.93 bits per heavy atom. The molecule has 42 heavy (non-hydrogen) atoms. The van der Waals surface area contributed by atoms with Gasteiger partial charge in [0.15, 0.2) is 11.5 Å². The summed E-state index contributed by atoms with van der Waals surface area (Å²) < 4.78 is 45.2. The van der Waals surface area contributed by atoms with Gasteiger partial charge in [-0.15, -0.1) is 0 Å². The molecule has 2 aromatic rings. The van der Waals surface area contributed by atoms with Gasteiger partial charge in [-0.05, 0) is 80.5 Å². The van der Waals surface area contributed by atoms with E-state index in [1.807, 2.05) is 6.07 Å². The zero-order chi connectivity index (χ0) is 29.6. The summed E-state index contributed by atoms with van der Waals surface area (Å²) in [6.07, 6.45) is -1.41. The maximum absolute atomic E-state index is 13.3. The minimum atomic E-state index is -4.47. The van der Waals surface area contributed by atoms with Crippen molar-refractivity contribution in [2.24, 2.45) is 5.92 Å². The molecule has 1 saturated heterocycles. The van der Waals surface area contributed by atoms with Crippen molar-refractivity contribution in [1.82, 2.24) is 9.80 Å². The molecule has 2 aromatic carbocycles. The Labute approximate surface area is 240 Å². The number of hydrogen-bond donors (Lipinski definition) is 1. The maximum Gasteiger partial charge on any atom is 0.416 e. The number of halogens is 3. The molecule has 3 aliphatic carbocycles. The number of carbonyl (C=O) groups is 1. The van der Waals surface area contributed by atoms with Crippen LogP contribution in [0.1, 0.15) is 54.4 Å². The second-order valence-electron chi connectivity index (χ2n) is 12.4. The Hall–Kier alpha value is -3.78. The van der Waals surface area contributed by atoms with Gasteiger partial charge in [-0.1, -0.05) is 12.0 Å². The number of hydrogen-bond acceptors (Lipinski definition) is 6. The van der Waals surface area contributed by atoms with Crippen molar-refractivity contribution in [2.45, 2.75) is 73.8 Å². The van der Waals surface area contributed by atoms with Crippen molar-refractivity contribution >= 4 is 5.91 Å². The lowest BCUT2D eigenvalue weighted by Gasteiger charge is -2.61. The predicted molar refractivity (Wildman–Crippen MR) is 144 cm³/mol. The highest BCUT2D eigenvalue weighted by Crippen LogP contribution is 2.67. The molecule has 5 atom stereocenters. The maximum atomic E-state index is 13.3. The van der Waals surface area contributed by atoms with Gasteiger partial charge in [0.05, 0.1) is 17.6 Å². The van der Waals surface area contributed by atoms with Crippen molar-refractivity contribution in [2.75, 3.05) is 20.1 Å². The van der Waals surface area contributed by atoms with E-state index in [2.05, 4.69) is 16.7 Å². The van der Waals surface area contributed by atoms with Gasteiger partial charge in [0.25, 0.3) is 11.4 Å². The molecule has 0 radical (unpaired) electrons. The molecule has 8 nitrogen and oxygen atoms in total. The molecule has 2 bridgehead atoms. The summed E-state index contributed by atoms with van der Waals surface area (Å²) in [5, 5.41) is 24.1. The Morgan fingerprint density at radius 3 is 2.60 bits per heavy atom. The summed E-state index contributed by atoms with van der Waals surface area (Å²) >= 11 is 0. The highest BCUT2D eigenvalue weighted by Gasteiger charge is 2.80. The van der Waals surface area contributed by atoms with E-state index in [0.29, 0.717) is 37.3 Å². The van der Waals surface area contributed by atoms with Crippen LogP contribution in [0, 0.1) is 27.9 Å². The van der Waals surface area contributed by atoms with Crippen molar-refractivity contribution in [3.8, 4) is 23.3 Å². The van der Waals surface area contributed by atoms with E-state index in [1.165, 1.54) is 17.0 Å². The number of phenolic OH excluding ortho intramolecular Hbond substituents is 1. The topological polar surface area (TPSA) is 96.2 Å². The molecule has 5 aliphatic rings. The van der Waals surface area contributed by atoms with E-state index in [-0.39, 0.29) is 34.4 Å². The third kappa shape index (κ3) is 3.70. The van der Waals surface area contributed by atoms with Crippen LogP contribution in [0.2, 0.25) is 0 Å². The molecule has 1 amide bonds. The fraction of sp³-hybridized carbons (Fsp3) is 0.516. The van der Waals surface area contributed by atoms with Gasteiger partial charge in [-0.3, -0.25) is 19.8 Å². The number of amides is 1. The fourth-order valence-electron chi connectivity index (χ4n) is 8.33. The first-order valence-corrected chi connectivity index (χ1v) is 14.3. The minimum absolute atomic E-state index is 0.0662. The van der Waals surface area contributed by atoms with Gasteiger partial charge in [0.1, 0.15) is 11.5 Å². The summed E-state index contributed by atoms with van der Waals surface area (Å²) in [6, 6.07) is 6.82. The number of likely N-dealkylation sites (tertiary alicyclic amines) is 1. The first-order chi connectivity index (χ1) is 20.0. The number of benzene rings is 2. The second kappa shape index (κ2) is 9.11. The first kappa shape index (κ1) is 27.1. The van der Waals surface area contributed by atoms with E-state index < -0.39 is 40.7 Å². The molecule has 0 aromatic heterocycles. The lowest BCUT2D eigenvalue weighted by atomic mass is 9.46. The van der Waals surface area contributed by atoms with Crippen molar-refractivity contribution < 1.29 is 32.7 Å². The van der Waals surface area contributed by atoms with Crippen LogP contribution in [0.4, 0.5) is 13.2 Å². The van der Waals surface area contributed by atoms with Gasteiger partial charge in [0, 0.05) is 42.0 Å². The SMILES string of the molecule is CN(C(=O)C#Cc1ccc(C(F)(F)F)cc1)[C@H]1CC[C@@]2([N+](=O)[O-])[C@H]3Cc4ccc(O)c5c4[C@@]2(CCN3CC2CC2)[C@H]1O5. The Bertz CT molecular complexity index is 1550. The van der Waals surface area contributed by atoms with Gasteiger partial charge in [-0.25, -0.2) is 0 Å². The van der Waals surface area contributed by atoms with E-state index in [4.69, 9.17) is 4.74 Å². The predicted octanol–water partition coefficient (Wildman–Crippen LogP) is 4.14. The van der Waals surface area contributed by atoms with E-state index in [9.17, 15) is 33.2 Å². The molecule has 2 heterocycles. The summed E-state index contributed by atoms with van der Waals surface area (Å²) in [5.74, 6) is 5.40. The number of carbonyl (C=O) groups excluding carboxylic acids is 1. The summed E-state index contributed by atoms with van der Waals surface area (Å²) in [4.78, 5) is 30.3. The van der Waals surface area contributed by atoms with E-state index in [0.717, 1.165) is 37.1 Å². The van der Waals surface area contributed by atoms with Crippen LogP contribution in [0.5, 0.6) is 11.5 Å². The van der Waals surface area contributed by atoms with Crippen LogP contribution in [-0.2, 0) is 22.8 Å². The standard InChI is InChI=1S/C31H30F3N3O5/c1-35(25(39)11-6-18-4-8-21(9-5-18)31(32,33)34)22-12-13-30(37(40)41)24-16-20-7-10-23(38)27-26(20)29(30,28(22)42-27)14-15-36(24)17-19-2-3-19/h4-5,7-10,19,22,24,28,38H,2-3,12-17H2,1H3/t22-,24+,28-,29-,30+/m0/s1. The number of likely N-dealkylation sites (N-methyl/N-ethyl adjacent to an activating group) is 1. The number of nitro groups is 1. The summed E-state index contributed by atoms with van der Waals surface area (Å²) in [6.45, 7) is 1.51. The average molecular weight is 582 g/mol. The molecule has 3 fully saturated rings. The van der Waals surface area contributed by atoms with Crippen molar-refractivity contribution in [1.29, 1.82) is 0 Å². The molecule has 2 saturated carbocycles. The minimum Gasteiger partial charge on any atom is -0.504 e. The lowest BCUT2D eigenvalue weighted by molar-refractivity contribution is -0.606. The number of piperidine rings is 1. The summed E-state index contributed by atoms with van der Waals surface area (Å²) in [7, 11) is 1.58. The van der Waals surface area contributed by atoms with Crippen LogP contribution in [0.15, 0.2) is 36.4 Å². The summed E-state index contributed by atoms with van der Waals surface area (Å²) in [5.41, 5.74) is -1.24. The van der Waals surface area contributed by atoms with Gasteiger partial charge < -0.3 is 14.7 Å². The monoisotopic (exact) mass is 581 g/mol. The third-order valence-electron chi connectivity index (χ3n) is 10.4. The van der Waals surface area contributed by atoms with Crippen LogP contribution in [0.3, 0.4) is 0 Å². The fourth-order valence-corrected chi connectivity index (χ4v) is 8.33. The van der Waals surface area contributed by atoms with Crippen LogP contribution in [0.25, 0.3) is 0 Å². The van der Waals surface area contributed by atoms with Crippen LogP contribution in [-0.4, -0.2) is 69.6 Å². The molecule has 7 rings (SSSR count). The average Bonchev–Trinajstić information content (AvgIpc) is 3.71. The number of alkyl halides is 3. The van der Waals surface area contributed by atoms with Gasteiger partial charge in [-0.2, -0.15) is 13.2 Å². The second-order valence-corrected chi connectivity index (χ2v) is 12.4. The molecule has 1 spiro atoms. The molecule has 1 N–H and O–H groups in total. The third-order valence-corrected chi connectivity index (χ3v) is 10.4. The highest BCUT2D eigenvalue weighted by atomic mass is 19.4. The van der Waals surface area contributed by atoms with Gasteiger partial charge >= 0.3 is 6.18 Å².